The highest BCUT2D eigenvalue weighted by molar-refractivity contribution is 7.99. The van der Waals surface area contributed by atoms with Gasteiger partial charge in [0.2, 0.25) is 5.16 Å². The lowest BCUT2D eigenvalue weighted by Crippen LogP contribution is -1.99. The van der Waals surface area contributed by atoms with E-state index in [1.54, 1.807) is 34.5 Å². The summed E-state index contributed by atoms with van der Waals surface area (Å²) in [6.45, 7) is 1.94. The Kier molecular flexibility index (Phi) is 4.22. The molecule has 0 aliphatic heterocycles. The molecular weight excluding hydrogens is 272 g/mol. The van der Waals surface area contributed by atoms with Crippen LogP contribution in [-0.2, 0) is 0 Å². The number of aromatic nitrogens is 4. The molecule has 2 aromatic rings. The lowest BCUT2D eigenvalue weighted by molar-refractivity contribution is 0.475. The maximum absolute atomic E-state index is 9.24. The maximum Gasteiger partial charge on any atom is 0.214 e. The van der Waals surface area contributed by atoms with E-state index in [0.717, 1.165) is 17.0 Å². The van der Waals surface area contributed by atoms with Crippen molar-refractivity contribution in [3.05, 3.63) is 35.4 Å². The first-order valence-corrected chi connectivity index (χ1v) is 6.59. The van der Waals surface area contributed by atoms with Crippen LogP contribution in [0.2, 0.25) is 0 Å². The summed E-state index contributed by atoms with van der Waals surface area (Å²) >= 11 is 7.10. The molecule has 0 saturated carbocycles. The first-order valence-electron chi connectivity index (χ1n) is 5.17. The van der Waals surface area contributed by atoms with Crippen molar-refractivity contribution >= 4 is 23.4 Å². The molecule has 0 aliphatic carbocycles. The molecule has 0 saturated heterocycles. The molecule has 0 fully saturated rings. The molecule has 5 nitrogen and oxygen atoms in total. The molecule has 2 rings (SSSR count). The van der Waals surface area contributed by atoms with Gasteiger partial charge in [-0.2, -0.15) is 4.68 Å². The minimum atomic E-state index is 0.210. The van der Waals surface area contributed by atoms with Gasteiger partial charge in [0.1, 0.15) is 5.75 Å². The second kappa shape index (κ2) is 5.88. The summed E-state index contributed by atoms with van der Waals surface area (Å²) in [6, 6.07) is 6.69. The van der Waals surface area contributed by atoms with E-state index in [2.05, 4.69) is 15.5 Å². The molecule has 0 bridgehead atoms. The van der Waals surface area contributed by atoms with E-state index < -0.39 is 0 Å². The third kappa shape index (κ3) is 3.02. The fourth-order valence-corrected chi connectivity index (χ4v) is 2.20. The zero-order chi connectivity index (χ0) is 13.0. The van der Waals surface area contributed by atoms with E-state index in [0.29, 0.717) is 5.16 Å². The SMILES string of the molecule is C/C(=C/Cl)CSc1nnnn1-c1ccc(O)cc1. The first-order chi connectivity index (χ1) is 8.70. The minimum absolute atomic E-state index is 0.210. The Labute approximate surface area is 113 Å². The van der Waals surface area contributed by atoms with Crippen molar-refractivity contribution < 1.29 is 5.11 Å². The van der Waals surface area contributed by atoms with Crippen molar-refractivity contribution in [1.29, 1.82) is 0 Å². The number of phenolic OH excluding ortho intramolecular Hbond substituents is 1. The summed E-state index contributed by atoms with van der Waals surface area (Å²) in [6.07, 6.45) is 0. The van der Waals surface area contributed by atoms with Gasteiger partial charge in [-0.3, -0.25) is 0 Å². The molecule has 0 unspecified atom stereocenters. The molecule has 7 heteroatoms. The number of rotatable bonds is 4. The molecule has 0 atom stereocenters. The molecule has 0 amide bonds. The predicted octanol–water partition coefficient (Wildman–Crippen LogP) is 2.60. The number of halogens is 1. The van der Waals surface area contributed by atoms with Crippen molar-refractivity contribution in [3.63, 3.8) is 0 Å². The van der Waals surface area contributed by atoms with Crippen molar-refractivity contribution in [1.82, 2.24) is 20.2 Å². The van der Waals surface area contributed by atoms with Gasteiger partial charge < -0.3 is 5.11 Å². The Morgan fingerprint density at radius 1 is 1.44 bits per heavy atom. The summed E-state index contributed by atoms with van der Waals surface area (Å²) in [5, 5.41) is 21.4. The van der Waals surface area contributed by atoms with Gasteiger partial charge in [0.15, 0.2) is 0 Å². The number of thioether (sulfide) groups is 1. The van der Waals surface area contributed by atoms with E-state index in [4.69, 9.17) is 11.6 Å². The van der Waals surface area contributed by atoms with Crippen molar-refractivity contribution in [2.45, 2.75) is 12.1 Å². The molecule has 0 radical (unpaired) electrons. The minimum Gasteiger partial charge on any atom is -0.508 e. The van der Waals surface area contributed by atoms with Crippen molar-refractivity contribution in [2.24, 2.45) is 0 Å². The topological polar surface area (TPSA) is 63.8 Å². The average molecular weight is 283 g/mol. The van der Waals surface area contributed by atoms with Gasteiger partial charge >= 0.3 is 0 Å². The molecule has 94 valence electrons. The second-order valence-electron chi connectivity index (χ2n) is 3.63. The Morgan fingerprint density at radius 2 is 2.17 bits per heavy atom. The summed E-state index contributed by atoms with van der Waals surface area (Å²) in [5.74, 6) is 0.934. The van der Waals surface area contributed by atoms with Crippen molar-refractivity contribution in [2.75, 3.05) is 5.75 Å². The van der Waals surface area contributed by atoms with Crippen LogP contribution in [0.15, 0.2) is 40.5 Å². The van der Waals surface area contributed by atoms with Crippen LogP contribution in [0.25, 0.3) is 5.69 Å². The highest BCUT2D eigenvalue weighted by Gasteiger charge is 2.08. The van der Waals surface area contributed by atoms with Crippen molar-refractivity contribution in [3.8, 4) is 11.4 Å². The molecule has 18 heavy (non-hydrogen) atoms. The van der Waals surface area contributed by atoms with E-state index in [1.165, 1.54) is 11.8 Å². The number of aromatic hydroxyl groups is 1. The molecule has 0 spiro atoms. The molecule has 1 heterocycles. The maximum atomic E-state index is 9.24. The van der Waals surface area contributed by atoms with E-state index in [9.17, 15) is 5.11 Å². The third-order valence-corrected chi connectivity index (χ3v) is 3.64. The molecule has 1 aromatic carbocycles. The van der Waals surface area contributed by atoms with Gasteiger partial charge in [-0.05, 0) is 41.6 Å². The zero-order valence-electron chi connectivity index (χ0n) is 9.62. The van der Waals surface area contributed by atoms with Crippen LogP contribution < -0.4 is 0 Å². The number of phenols is 1. The third-order valence-electron chi connectivity index (χ3n) is 2.15. The first kappa shape index (κ1) is 12.9. The molecular formula is C11H11ClN4OS. The van der Waals surface area contributed by atoms with Gasteiger partial charge in [0.05, 0.1) is 5.69 Å². The standard InChI is InChI=1S/C11H11ClN4OS/c1-8(6-12)7-18-11-13-14-15-16(11)9-2-4-10(17)5-3-9/h2-6,17H,7H2,1H3/b8-6-. The van der Waals surface area contributed by atoms with Crippen LogP contribution in [0.3, 0.4) is 0 Å². The van der Waals surface area contributed by atoms with Crippen LogP contribution in [0.4, 0.5) is 0 Å². The fraction of sp³-hybridized carbons (Fsp3) is 0.182. The largest absolute Gasteiger partial charge is 0.508 e. The highest BCUT2D eigenvalue weighted by Crippen LogP contribution is 2.21. The number of nitrogens with zero attached hydrogens (tertiary/aromatic N) is 4. The quantitative estimate of drug-likeness (QED) is 0.873. The number of hydrogen-bond acceptors (Lipinski definition) is 5. The summed E-state index contributed by atoms with van der Waals surface area (Å²) in [5.41, 5.74) is 3.39. The highest BCUT2D eigenvalue weighted by atomic mass is 35.5. The van der Waals surface area contributed by atoms with E-state index in [-0.39, 0.29) is 5.75 Å². The summed E-state index contributed by atoms with van der Waals surface area (Å²) in [7, 11) is 0. The number of tetrazole rings is 1. The average Bonchev–Trinajstić information content (AvgIpc) is 2.85. The molecule has 0 aliphatic rings. The Morgan fingerprint density at radius 3 is 2.83 bits per heavy atom. The van der Waals surface area contributed by atoms with Crippen LogP contribution in [0.5, 0.6) is 5.75 Å². The lowest BCUT2D eigenvalue weighted by atomic mass is 10.3. The number of hydrogen-bond donors (Lipinski definition) is 1. The summed E-state index contributed by atoms with van der Waals surface area (Å²) < 4.78 is 1.62. The monoisotopic (exact) mass is 282 g/mol. The Balaban J connectivity index is 2.19. The van der Waals surface area contributed by atoms with Gasteiger partial charge in [-0.15, -0.1) is 5.10 Å². The predicted molar refractivity (Wildman–Crippen MR) is 71.2 cm³/mol. The zero-order valence-corrected chi connectivity index (χ0v) is 11.2. The van der Waals surface area contributed by atoms with Gasteiger partial charge in [0.25, 0.3) is 0 Å². The van der Waals surface area contributed by atoms with Gasteiger partial charge in [-0.25, -0.2) is 0 Å². The second-order valence-corrected chi connectivity index (χ2v) is 4.79. The Bertz CT molecular complexity index is 552. The van der Waals surface area contributed by atoms with E-state index >= 15 is 0 Å². The van der Waals surface area contributed by atoms with Crippen LogP contribution in [0.1, 0.15) is 6.92 Å². The number of benzene rings is 1. The summed E-state index contributed by atoms with van der Waals surface area (Å²) in [4.78, 5) is 0. The smallest absolute Gasteiger partial charge is 0.214 e. The molecule has 1 N–H and O–H groups in total. The van der Waals surface area contributed by atoms with Crippen LogP contribution in [-0.4, -0.2) is 31.1 Å². The van der Waals surface area contributed by atoms with Crippen LogP contribution >= 0.6 is 23.4 Å². The fourth-order valence-electron chi connectivity index (χ4n) is 1.23. The lowest BCUT2D eigenvalue weighted by Gasteiger charge is -2.04. The van der Waals surface area contributed by atoms with E-state index in [1.807, 2.05) is 6.92 Å². The van der Waals surface area contributed by atoms with Gasteiger partial charge in [0, 0.05) is 11.3 Å². The molecule has 1 aromatic heterocycles. The Hall–Kier alpha value is -1.53. The van der Waals surface area contributed by atoms with Crippen LogP contribution in [0, 0.1) is 0 Å². The normalized spacial score (nSPS) is 11.8. The van der Waals surface area contributed by atoms with Gasteiger partial charge in [-0.1, -0.05) is 28.9 Å².